The molecule has 0 saturated carbocycles. The minimum Gasteiger partial charge on any atom is -0.458 e. The molecule has 0 amide bonds. The molecule has 29 heavy (non-hydrogen) atoms. The quantitative estimate of drug-likeness (QED) is 0.238. The molecule has 174 valence electrons. The van der Waals surface area contributed by atoms with Crippen molar-refractivity contribution in [3.63, 3.8) is 0 Å². The topological polar surface area (TPSA) is 26.3 Å². The summed E-state index contributed by atoms with van der Waals surface area (Å²) in [7, 11) is 0. The minimum absolute atomic E-state index is 1.65. The van der Waals surface area contributed by atoms with Crippen LogP contribution >= 0.6 is 23.2 Å². The monoisotopic (exact) mass is 510 g/mol. The molecule has 0 saturated heterocycles. The van der Waals surface area contributed by atoms with Crippen LogP contribution < -0.4 is 0 Å². The summed E-state index contributed by atoms with van der Waals surface area (Å²) in [5.74, 6) is -52.2. The first-order valence-corrected chi connectivity index (χ1v) is 7.00. The van der Waals surface area contributed by atoms with Crippen molar-refractivity contribution in [1.29, 1.82) is 0 Å². The third kappa shape index (κ3) is 4.12. The Morgan fingerprint density at radius 3 is 1.24 bits per heavy atom. The molecule has 0 rings (SSSR count). The lowest BCUT2D eigenvalue weighted by atomic mass is 9.91. The second-order valence-corrected chi connectivity index (χ2v) is 6.21. The third-order valence-corrected chi connectivity index (χ3v) is 3.18. The zero-order chi connectivity index (χ0) is 24.1. The number of hydrogen-bond acceptors (Lipinski definition) is 2. The molecule has 0 unspecified atom stereocenters. The van der Waals surface area contributed by atoms with Gasteiger partial charge in [-0.25, -0.2) is 4.79 Å². The molecule has 0 heterocycles. The lowest BCUT2D eigenvalue weighted by Crippen LogP contribution is -2.73. The van der Waals surface area contributed by atoms with Gasteiger partial charge in [-0.3, -0.25) is 0 Å². The summed E-state index contributed by atoms with van der Waals surface area (Å²) in [6, 6.07) is 0. The molecule has 19 heteroatoms. The highest BCUT2D eigenvalue weighted by Gasteiger charge is 2.94. The molecule has 0 atom stereocenters. The first-order chi connectivity index (χ1) is 12.3. The number of carbonyl (C=O) groups excluding carboxylic acids is 1. The molecular weight excluding hydrogens is 508 g/mol. The van der Waals surface area contributed by atoms with E-state index < -0.39 is 59.1 Å². The maximum absolute atomic E-state index is 13.3. The molecule has 0 aliphatic rings. The van der Waals surface area contributed by atoms with Gasteiger partial charge in [0.2, 0.25) is 0 Å². The van der Waals surface area contributed by atoms with Crippen LogP contribution in [0.3, 0.4) is 0 Å². The maximum Gasteiger partial charge on any atom is 0.460 e. The third-order valence-electron chi connectivity index (χ3n) is 2.92. The van der Waals surface area contributed by atoms with Crippen molar-refractivity contribution in [3.8, 4) is 0 Å². The summed E-state index contributed by atoms with van der Waals surface area (Å²) in [6.07, 6.45) is -7.71. The lowest BCUT2D eigenvalue weighted by molar-refractivity contribution is -0.450. The Bertz CT molecular complexity index is 613. The van der Waals surface area contributed by atoms with Crippen LogP contribution in [0.15, 0.2) is 0 Å². The van der Waals surface area contributed by atoms with E-state index in [1.54, 1.807) is 0 Å². The molecular formula is C10H3Cl2F15O2. The van der Waals surface area contributed by atoms with Gasteiger partial charge in [-0.15, -0.1) is 23.2 Å². The molecule has 0 aromatic heterocycles. The van der Waals surface area contributed by atoms with E-state index in [2.05, 4.69) is 4.74 Å². The summed E-state index contributed by atoms with van der Waals surface area (Å²) >= 11 is 9.60. The molecule has 0 aromatic rings. The number of halogens is 17. The van der Waals surface area contributed by atoms with Crippen LogP contribution in [0.25, 0.3) is 0 Å². The van der Waals surface area contributed by atoms with Gasteiger partial charge in [-0.2, -0.15) is 65.9 Å². The molecule has 0 bridgehead atoms. The Hall–Kier alpha value is -1.00. The van der Waals surface area contributed by atoms with Gasteiger partial charge in [-0.05, 0) is 0 Å². The minimum atomic E-state index is -8.48. The number of carbonyl (C=O) groups is 1. The summed E-state index contributed by atoms with van der Waals surface area (Å²) in [5, 5.41) is 0. The predicted molar refractivity (Wildman–Crippen MR) is 62.2 cm³/mol. The molecule has 0 aliphatic carbocycles. The highest BCUT2D eigenvalue weighted by molar-refractivity contribution is 6.44. The Labute approximate surface area is 158 Å². The maximum atomic E-state index is 13.3. The highest BCUT2D eigenvalue weighted by Crippen LogP contribution is 2.62. The first-order valence-electron chi connectivity index (χ1n) is 6.13. The fourth-order valence-electron chi connectivity index (χ4n) is 1.32. The molecule has 2 nitrogen and oxygen atoms in total. The van der Waals surface area contributed by atoms with Gasteiger partial charge >= 0.3 is 47.7 Å². The van der Waals surface area contributed by atoms with Crippen molar-refractivity contribution in [2.24, 2.45) is 0 Å². The van der Waals surface area contributed by atoms with E-state index in [1.807, 2.05) is 0 Å². The Balaban J connectivity index is 6.39. The SMILES string of the molecule is O=C(OCC(Cl)Cl)C(F)(F)C(F)(F)C(F)(F)C(F)(F)C(F)(F)C(F)(F)C(F)(F)F. The fraction of sp³-hybridized carbons (Fsp3) is 0.900. The van der Waals surface area contributed by atoms with Gasteiger partial charge in [0.1, 0.15) is 11.4 Å². The van der Waals surface area contributed by atoms with Crippen LogP contribution in [0.2, 0.25) is 0 Å². The van der Waals surface area contributed by atoms with E-state index in [4.69, 9.17) is 23.2 Å². The lowest BCUT2D eigenvalue weighted by Gasteiger charge is -2.40. The van der Waals surface area contributed by atoms with Crippen molar-refractivity contribution in [2.45, 2.75) is 46.5 Å². The van der Waals surface area contributed by atoms with Crippen molar-refractivity contribution >= 4 is 29.2 Å². The molecule has 0 spiro atoms. The van der Waals surface area contributed by atoms with Crippen molar-refractivity contribution < 1.29 is 75.4 Å². The van der Waals surface area contributed by atoms with Gasteiger partial charge in [0.15, 0.2) is 0 Å². The van der Waals surface area contributed by atoms with Crippen LogP contribution in [0.5, 0.6) is 0 Å². The van der Waals surface area contributed by atoms with Crippen LogP contribution in [-0.2, 0) is 9.53 Å². The van der Waals surface area contributed by atoms with E-state index in [1.165, 1.54) is 0 Å². The van der Waals surface area contributed by atoms with Crippen LogP contribution in [-0.4, -0.2) is 59.1 Å². The zero-order valence-corrected chi connectivity index (χ0v) is 14.0. The van der Waals surface area contributed by atoms with Crippen LogP contribution in [0.4, 0.5) is 65.9 Å². The first kappa shape index (κ1) is 28.0. The van der Waals surface area contributed by atoms with Crippen molar-refractivity contribution in [2.75, 3.05) is 6.61 Å². The summed E-state index contributed by atoms with van der Waals surface area (Å²) in [4.78, 5) is 8.76. The molecule has 0 aromatic carbocycles. The molecule has 0 radical (unpaired) electrons. The molecule has 0 N–H and O–H groups in total. The van der Waals surface area contributed by atoms with Crippen LogP contribution in [0, 0.1) is 0 Å². The summed E-state index contributed by atoms with van der Waals surface area (Å²) < 4.78 is 195. The zero-order valence-electron chi connectivity index (χ0n) is 12.5. The predicted octanol–water partition coefficient (Wildman–Crippen LogP) is 5.71. The number of esters is 1. The van der Waals surface area contributed by atoms with Gasteiger partial charge < -0.3 is 4.74 Å². The summed E-state index contributed by atoms with van der Waals surface area (Å²) in [5.41, 5.74) is 0. The van der Waals surface area contributed by atoms with E-state index in [0.717, 1.165) is 0 Å². The number of hydrogen-bond donors (Lipinski definition) is 0. The Morgan fingerprint density at radius 1 is 0.621 bits per heavy atom. The number of ether oxygens (including phenoxy) is 1. The smallest absolute Gasteiger partial charge is 0.458 e. The van der Waals surface area contributed by atoms with Crippen molar-refractivity contribution in [1.82, 2.24) is 0 Å². The van der Waals surface area contributed by atoms with Gasteiger partial charge in [0.25, 0.3) is 0 Å². The Kier molecular flexibility index (Phi) is 7.34. The van der Waals surface area contributed by atoms with E-state index in [0.29, 0.717) is 0 Å². The average molecular weight is 511 g/mol. The van der Waals surface area contributed by atoms with Gasteiger partial charge in [0, 0.05) is 0 Å². The van der Waals surface area contributed by atoms with Gasteiger partial charge in [0.05, 0.1) is 0 Å². The van der Waals surface area contributed by atoms with E-state index >= 15 is 0 Å². The number of rotatable bonds is 8. The van der Waals surface area contributed by atoms with E-state index in [9.17, 15) is 70.7 Å². The molecule has 0 fully saturated rings. The number of alkyl halides is 17. The van der Waals surface area contributed by atoms with E-state index in [-0.39, 0.29) is 0 Å². The second kappa shape index (κ2) is 7.60. The van der Waals surface area contributed by atoms with Crippen molar-refractivity contribution in [3.05, 3.63) is 0 Å². The largest absolute Gasteiger partial charge is 0.460 e. The van der Waals surface area contributed by atoms with Crippen LogP contribution in [0.1, 0.15) is 0 Å². The highest BCUT2D eigenvalue weighted by atomic mass is 35.5. The molecule has 0 aliphatic heterocycles. The summed E-state index contributed by atoms with van der Waals surface area (Å²) in [6.45, 7) is -1.65. The Morgan fingerprint density at radius 2 is 0.931 bits per heavy atom. The second-order valence-electron chi connectivity index (χ2n) is 4.93. The normalized spacial score (nSPS) is 15.7. The average Bonchev–Trinajstić information content (AvgIpc) is 2.50. The standard InChI is InChI=1S/C10H3Cl2F15O2/c11-2(12)1-29-3(28)4(13,14)5(15,16)6(17,18)7(19,20)8(21,22)9(23,24)10(25,26)27/h2H,1H2. The fourth-order valence-corrected chi connectivity index (χ4v) is 1.45. The van der Waals surface area contributed by atoms with Gasteiger partial charge in [-0.1, -0.05) is 0 Å².